The first-order valence-corrected chi connectivity index (χ1v) is 14.5. The van der Waals surface area contributed by atoms with Crippen molar-refractivity contribution in [3.63, 3.8) is 0 Å². The summed E-state index contributed by atoms with van der Waals surface area (Å²) in [6.07, 6.45) is 8.16. The zero-order chi connectivity index (χ0) is 30.0. The quantitative estimate of drug-likeness (QED) is 0.251. The van der Waals surface area contributed by atoms with Gasteiger partial charge in [0.05, 0.1) is 42.6 Å². The maximum atomic E-state index is 13.2. The number of nitrogens with zero attached hydrogens (tertiary/aromatic N) is 1. The van der Waals surface area contributed by atoms with Gasteiger partial charge in [-0.2, -0.15) is 0 Å². The largest absolute Gasteiger partial charge is 0.450 e. The summed E-state index contributed by atoms with van der Waals surface area (Å²) in [5.41, 5.74) is 1.19. The Labute approximate surface area is 241 Å². The molecular formula is C31H45NO7S. The number of rotatable bonds is 6. The molecule has 7 atom stereocenters. The molecule has 2 rings (SSSR count). The smallest absolute Gasteiger partial charge is 0.334 e. The van der Waals surface area contributed by atoms with Crippen LogP contribution in [0.25, 0.3) is 6.08 Å². The zero-order valence-electron chi connectivity index (χ0n) is 24.3. The zero-order valence-corrected chi connectivity index (χ0v) is 25.1. The van der Waals surface area contributed by atoms with Crippen molar-refractivity contribution < 1.29 is 35.1 Å². The number of fused-ring (bicyclic) bond motifs is 2. The molecule has 5 N–H and O–H groups in total. The molecule has 0 spiro atoms. The number of esters is 1. The van der Waals surface area contributed by atoms with E-state index < -0.39 is 41.9 Å². The lowest BCUT2D eigenvalue weighted by Gasteiger charge is -2.40. The van der Waals surface area contributed by atoms with Crippen LogP contribution in [-0.2, 0) is 9.53 Å². The highest BCUT2D eigenvalue weighted by molar-refractivity contribution is 7.09. The maximum Gasteiger partial charge on any atom is 0.334 e. The number of aliphatic hydroxyl groups excluding tert-OH is 5. The van der Waals surface area contributed by atoms with Crippen molar-refractivity contribution in [3.05, 3.63) is 69.3 Å². The molecule has 7 unspecified atom stereocenters. The van der Waals surface area contributed by atoms with Crippen LogP contribution in [0.4, 0.5) is 0 Å². The van der Waals surface area contributed by atoms with Crippen molar-refractivity contribution in [3.8, 4) is 0 Å². The summed E-state index contributed by atoms with van der Waals surface area (Å²) in [5, 5.41) is 55.7. The molecule has 2 bridgehead atoms. The summed E-state index contributed by atoms with van der Waals surface area (Å²) in [6.45, 7) is 10.5. The van der Waals surface area contributed by atoms with Gasteiger partial charge >= 0.3 is 5.97 Å². The van der Waals surface area contributed by atoms with Gasteiger partial charge in [-0.05, 0) is 59.5 Å². The number of thiazole rings is 1. The van der Waals surface area contributed by atoms with Gasteiger partial charge in [0, 0.05) is 17.4 Å². The van der Waals surface area contributed by atoms with Gasteiger partial charge in [-0.15, -0.1) is 11.3 Å². The normalized spacial score (nSPS) is 32.2. The molecule has 1 aliphatic rings. The third-order valence-corrected chi connectivity index (χ3v) is 8.30. The minimum atomic E-state index is -1.63. The van der Waals surface area contributed by atoms with E-state index in [4.69, 9.17) is 4.74 Å². The Morgan fingerprint density at radius 1 is 1.27 bits per heavy atom. The maximum absolute atomic E-state index is 13.2. The van der Waals surface area contributed by atoms with E-state index in [-0.39, 0.29) is 30.9 Å². The van der Waals surface area contributed by atoms with Crippen molar-refractivity contribution in [1.82, 2.24) is 4.98 Å². The summed E-state index contributed by atoms with van der Waals surface area (Å²) >= 11 is 1.23. The molecule has 2 heterocycles. The van der Waals surface area contributed by atoms with Gasteiger partial charge in [0.25, 0.3) is 0 Å². The Morgan fingerprint density at radius 2 is 1.98 bits per heavy atom. The van der Waals surface area contributed by atoms with Crippen LogP contribution in [0.1, 0.15) is 77.4 Å². The number of aromatic nitrogens is 1. The van der Waals surface area contributed by atoms with Gasteiger partial charge in [-0.1, -0.05) is 54.5 Å². The molecule has 40 heavy (non-hydrogen) atoms. The highest BCUT2D eigenvalue weighted by Crippen LogP contribution is 2.32. The summed E-state index contributed by atoms with van der Waals surface area (Å²) in [4.78, 5) is 17.7. The Morgan fingerprint density at radius 3 is 2.62 bits per heavy atom. The van der Waals surface area contributed by atoms with Crippen LogP contribution in [0.3, 0.4) is 0 Å². The van der Waals surface area contributed by atoms with E-state index in [2.05, 4.69) is 4.98 Å². The van der Waals surface area contributed by atoms with Gasteiger partial charge in [0.15, 0.2) is 5.60 Å². The molecule has 0 aliphatic carbocycles. The summed E-state index contributed by atoms with van der Waals surface area (Å²) < 4.78 is 5.87. The Hall–Kier alpha value is -2.40. The number of aliphatic hydroxyl groups is 5. The third kappa shape index (κ3) is 9.33. The number of allylic oxidation sites excluding steroid dienone is 6. The molecule has 0 amide bonds. The van der Waals surface area contributed by atoms with Gasteiger partial charge in [0.2, 0.25) is 0 Å². The summed E-state index contributed by atoms with van der Waals surface area (Å²) in [5.74, 6) is -1.73. The van der Waals surface area contributed by atoms with Crippen molar-refractivity contribution in [1.29, 1.82) is 0 Å². The highest BCUT2D eigenvalue weighted by atomic mass is 32.1. The van der Waals surface area contributed by atoms with Crippen LogP contribution in [0.5, 0.6) is 0 Å². The fourth-order valence-electron chi connectivity index (χ4n) is 4.71. The lowest BCUT2D eigenvalue weighted by Crippen LogP contribution is -2.55. The average Bonchev–Trinajstić information content (AvgIpc) is 3.34. The SMILES string of the molecule is C/C=C(C)/C=C(\C)CC(C)C(O)C1(C)OC(=O)/C(C)=C/c2csc(n2)C(CO)C(O)CC(O)/C=C/C=C\CC1O. The molecule has 1 aromatic heterocycles. The van der Waals surface area contributed by atoms with E-state index in [1.54, 1.807) is 37.5 Å². The number of hydrogen-bond acceptors (Lipinski definition) is 9. The van der Waals surface area contributed by atoms with Crippen molar-refractivity contribution in [2.24, 2.45) is 5.92 Å². The number of carbonyl (C=O) groups excluding carboxylic acids is 1. The van der Waals surface area contributed by atoms with Crippen LogP contribution in [0.2, 0.25) is 0 Å². The molecule has 0 aromatic carbocycles. The van der Waals surface area contributed by atoms with Crippen LogP contribution < -0.4 is 0 Å². The average molecular weight is 576 g/mol. The lowest BCUT2D eigenvalue weighted by molar-refractivity contribution is -0.193. The van der Waals surface area contributed by atoms with Gasteiger partial charge in [-0.3, -0.25) is 0 Å². The van der Waals surface area contributed by atoms with Gasteiger partial charge in [-0.25, -0.2) is 9.78 Å². The van der Waals surface area contributed by atoms with Crippen LogP contribution in [0, 0.1) is 5.92 Å². The summed E-state index contributed by atoms with van der Waals surface area (Å²) in [6, 6.07) is 0. The van der Waals surface area contributed by atoms with E-state index in [1.807, 2.05) is 39.8 Å². The molecule has 222 valence electrons. The lowest BCUT2D eigenvalue weighted by atomic mass is 9.80. The van der Waals surface area contributed by atoms with Crippen LogP contribution in [0.15, 0.2) is 58.6 Å². The van der Waals surface area contributed by atoms with E-state index in [0.717, 1.165) is 11.1 Å². The standard InChI is InChI=1S/C31H45NO7S/c1-7-19(2)13-20(3)14-21(4)28(37)31(6)27(36)12-10-8-9-11-24(34)16-26(35)25(17-33)29-32-23(18-40-29)15-22(5)30(38)39-31/h7-11,13,15,18,21,24-28,33-37H,12,14,16-17H2,1-6H3/b10-8-,11-9+,19-7+,20-13+,22-15+. The van der Waals surface area contributed by atoms with E-state index >= 15 is 0 Å². The summed E-state index contributed by atoms with van der Waals surface area (Å²) in [7, 11) is 0. The second kappa shape index (κ2) is 15.6. The van der Waals surface area contributed by atoms with Crippen molar-refractivity contribution in [2.75, 3.05) is 6.61 Å². The minimum Gasteiger partial charge on any atom is -0.450 e. The fraction of sp³-hybridized carbons (Fsp3) is 0.548. The predicted octanol–water partition coefficient (Wildman–Crippen LogP) is 4.21. The van der Waals surface area contributed by atoms with E-state index in [9.17, 15) is 30.3 Å². The molecule has 0 saturated carbocycles. The Balaban J connectivity index is 2.45. The van der Waals surface area contributed by atoms with Crippen LogP contribution >= 0.6 is 11.3 Å². The number of ether oxygens (including phenoxy) is 1. The Kier molecular flexibility index (Phi) is 13.1. The number of cyclic esters (lactones) is 1. The molecule has 0 saturated heterocycles. The van der Waals surface area contributed by atoms with Crippen molar-refractivity contribution in [2.45, 2.75) is 96.7 Å². The first-order valence-electron chi connectivity index (χ1n) is 13.7. The topological polar surface area (TPSA) is 140 Å². The van der Waals surface area contributed by atoms with Gasteiger partial charge < -0.3 is 30.3 Å². The fourth-order valence-corrected chi connectivity index (χ4v) is 5.63. The Bertz CT molecular complexity index is 1130. The number of hydrogen-bond donors (Lipinski definition) is 5. The molecule has 8 nitrogen and oxygen atoms in total. The third-order valence-electron chi connectivity index (χ3n) is 7.30. The molecule has 0 fully saturated rings. The van der Waals surface area contributed by atoms with Crippen molar-refractivity contribution >= 4 is 23.4 Å². The number of carbonyl (C=O) groups is 1. The predicted molar refractivity (Wildman–Crippen MR) is 159 cm³/mol. The molecule has 0 radical (unpaired) electrons. The molecule has 1 aromatic rings. The minimum absolute atomic E-state index is 0.00210. The second-order valence-corrected chi connectivity index (χ2v) is 11.8. The first kappa shape index (κ1) is 33.8. The molecule has 9 heteroatoms. The second-order valence-electron chi connectivity index (χ2n) is 10.9. The molecule has 1 aliphatic heterocycles. The monoisotopic (exact) mass is 575 g/mol. The first-order chi connectivity index (χ1) is 18.8. The van der Waals surface area contributed by atoms with E-state index in [0.29, 0.717) is 17.1 Å². The van der Waals surface area contributed by atoms with Gasteiger partial charge in [0.1, 0.15) is 5.01 Å². The highest BCUT2D eigenvalue weighted by Gasteiger charge is 2.46. The van der Waals surface area contributed by atoms with E-state index in [1.165, 1.54) is 23.5 Å². The van der Waals surface area contributed by atoms with Crippen LogP contribution in [-0.4, -0.2) is 73.1 Å². The molecular weight excluding hydrogens is 530 g/mol.